The van der Waals surface area contributed by atoms with Gasteiger partial charge in [0, 0.05) is 27.2 Å². The molecule has 0 atom stereocenters. The number of hydrogen-bond donors (Lipinski definition) is 2. The fourth-order valence-corrected chi connectivity index (χ4v) is 2.31. The molecule has 0 aliphatic carbocycles. The van der Waals surface area contributed by atoms with Gasteiger partial charge in [0.25, 0.3) is 0 Å². The van der Waals surface area contributed by atoms with Gasteiger partial charge in [-0.1, -0.05) is 30.3 Å². The number of hydrogen-bond acceptors (Lipinski definition) is 4. The van der Waals surface area contributed by atoms with Gasteiger partial charge >= 0.3 is 0 Å². The highest BCUT2D eigenvalue weighted by Gasteiger charge is 2.13. The van der Waals surface area contributed by atoms with E-state index in [0.717, 1.165) is 11.4 Å². The molecule has 1 heterocycles. The van der Waals surface area contributed by atoms with Crippen LogP contribution in [-0.2, 0) is 24.9 Å². The van der Waals surface area contributed by atoms with Gasteiger partial charge in [-0.15, -0.1) is 24.0 Å². The van der Waals surface area contributed by atoms with Gasteiger partial charge in [-0.3, -0.25) is 14.5 Å². The smallest absolute Gasteiger partial charge is 0.242 e. The number of aryl methyl sites for hydroxylation is 1. The first-order valence-electron chi connectivity index (χ1n) is 8.23. The van der Waals surface area contributed by atoms with Crippen molar-refractivity contribution >= 4 is 35.8 Å². The van der Waals surface area contributed by atoms with Gasteiger partial charge in [0.05, 0.1) is 13.1 Å². The van der Waals surface area contributed by atoms with E-state index in [9.17, 15) is 4.79 Å². The fourth-order valence-electron chi connectivity index (χ4n) is 2.31. The molecule has 1 aromatic heterocycles. The van der Waals surface area contributed by atoms with Crippen molar-refractivity contribution in [1.82, 2.24) is 30.3 Å². The van der Waals surface area contributed by atoms with Crippen LogP contribution < -0.4 is 10.6 Å². The second-order valence-electron chi connectivity index (χ2n) is 5.47. The number of rotatable bonds is 7. The Morgan fingerprint density at radius 2 is 2.00 bits per heavy atom. The molecule has 9 heteroatoms. The van der Waals surface area contributed by atoms with E-state index < -0.39 is 0 Å². The summed E-state index contributed by atoms with van der Waals surface area (Å²) in [5, 5.41) is 10.2. The van der Waals surface area contributed by atoms with Gasteiger partial charge < -0.3 is 15.5 Å². The van der Waals surface area contributed by atoms with Crippen molar-refractivity contribution < 1.29 is 4.79 Å². The molecule has 0 aliphatic heterocycles. The molecule has 0 fully saturated rings. The van der Waals surface area contributed by atoms with E-state index >= 15 is 0 Å². The number of nitrogens with one attached hydrogen (secondary N) is 2. The second kappa shape index (κ2) is 11.4. The van der Waals surface area contributed by atoms with Crippen LogP contribution in [0.2, 0.25) is 0 Å². The third-order valence-corrected chi connectivity index (χ3v) is 3.80. The number of aromatic nitrogens is 3. The average Bonchev–Trinajstić information content (AvgIpc) is 3.05. The second-order valence-corrected chi connectivity index (χ2v) is 5.47. The lowest BCUT2D eigenvalue weighted by Gasteiger charge is -2.22. The highest BCUT2D eigenvalue weighted by Crippen LogP contribution is 2.04. The Morgan fingerprint density at radius 3 is 2.58 bits per heavy atom. The molecule has 0 spiro atoms. The molecule has 2 aromatic rings. The van der Waals surface area contributed by atoms with Crippen molar-refractivity contribution in [2.45, 2.75) is 20.0 Å². The van der Waals surface area contributed by atoms with E-state index in [1.165, 1.54) is 6.33 Å². The minimum absolute atomic E-state index is 0. The number of halogens is 1. The predicted octanol–water partition coefficient (Wildman–Crippen LogP) is 1.15. The molecule has 1 amide bonds. The lowest BCUT2D eigenvalue weighted by Crippen LogP contribution is -2.44. The van der Waals surface area contributed by atoms with E-state index in [2.05, 4.69) is 25.7 Å². The number of likely N-dealkylation sites (N-methyl/N-ethyl adjacent to an activating group) is 1. The molecule has 8 nitrogen and oxygen atoms in total. The zero-order chi connectivity index (χ0) is 18.1. The molecule has 0 aliphatic rings. The Bertz CT molecular complexity index is 702. The number of carbonyl (C=O) groups excluding carboxylic acids is 1. The average molecular weight is 471 g/mol. The largest absolute Gasteiger partial charge is 0.349 e. The molecular weight excluding hydrogens is 445 g/mol. The lowest BCUT2D eigenvalue weighted by molar-refractivity contribution is -0.130. The van der Waals surface area contributed by atoms with Crippen molar-refractivity contribution in [2.24, 2.45) is 12.0 Å². The molecule has 142 valence electrons. The Balaban J connectivity index is 0.00000338. The number of amides is 1. The van der Waals surface area contributed by atoms with Gasteiger partial charge in [0.15, 0.2) is 5.96 Å². The molecule has 2 N–H and O–H groups in total. The normalized spacial score (nSPS) is 10.8. The quantitative estimate of drug-likeness (QED) is 0.360. The maximum atomic E-state index is 12.4. The van der Waals surface area contributed by atoms with Crippen LogP contribution in [0.1, 0.15) is 18.3 Å². The number of benzene rings is 1. The molecule has 0 saturated heterocycles. The summed E-state index contributed by atoms with van der Waals surface area (Å²) in [6.07, 6.45) is 1.50. The summed E-state index contributed by atoms with van der Waals surface area (Å²) in [5.74, 6) is 1.36. The van der Waals surface area contributed by atoms with Crippen molar-refractivity contribution in [2.75, 3.05) is 20.1 Å². The monoisotopic (exact) mass is 471 g/mol. The molecule has 2 rings (SSSR count). The molecule has 0 saturated carbocycles. The van der Waals surface area contributed by atoms with E-state index in [1.807, 2.05) is 44.3 Å². The fraction of sp³-hybridized carbons (Fsp3) is 0.412. The van der Waals surface area contributed by atoms with Crippen LogP contribution in [0.3, 0.4) is 0 Å². The Labute approximate surface area is 171 Å². The summed E-state index contributed by atoms with van der Waals surface area (Å²) in [6.45, 7) is 3.89. The summed E-state index contributed by atoms with van der Waals surface area (Å²) in [6, 6.07) is 9.96. The molecular formula is C17H26IN7O. The first-order valence-corrected chi connectivity index (χ1v) is 8.23. The number of carbonyl (C=O) groups is 1. The number of guanidine groups is 1. The van der Waals surface area contributed by atoms with Crippen molar-refractivity contribution in [3.63, 3.8) is 0 Å². The maximum Gasteiger partial charge on any atom is 0.242 e. The number of aliphatic imine (C=N–C) groups is 1. The van der Waals surface area contributed by atoms with Crippen molar-refractivity contribution in [1.29, 1.82) is 0 Å². The predicted molar refractivity (Wildman–Crippen MR) is 112 cm³/mol. The molecule has 26 heavy (non-hydrogen) atoms. The SMILES string of the molecule is CCN(Cc1ccccc1)C(=O)CNC(=NC)NCc1ncnn1C.I. The highest BCUT2D eigenvalue weighted by molar-refractivity contribution is 14.0. The summed E-state index contributed by atoms with van der Waals surface area (Å²) in [7, 11) is 3.49. The van der Waals surface area contributed by atoms with Crippen LogP contribution in [-0.4, -0.2) is 51.7 Å². The molecule has 0 unspecified atom stereocenters. The van der Waals surface area contributed by atoms with Crippen LogP contribution >= 0.6 is 24.0 Å². The van der Waals surface area contributed by atoms with Crippen LogP contribution in [0, 0.1) is 0 Å². The summed E-state index contributed by atoms with van der Waals surface area (Å²) in [5.41, 5.74) is 1.11. The highest BCUT2D eigenvalue weighted by atomic mass is 127. The Kier molecular flexibility index (Phi) is 9.63. The lowest BCUT2D eigenvalue weighted by atomic mass is 10.2. The van der Waals surface area contributed by atoms with E-state index in [1.54, 1.807) is 16.6 Å². The zero-order valence-corrected chi connectivity index (χ0v) is 17.7. The van der Waals surface area contributed by atoms with Gasteiger partial charge in [-0.25, -0.2) is 4.98 Å². The van der Waals surface area contributed by atoms with E-state index in [0.29, 0.717) is 25.6 Å². The van der Waals surface area contributed by atoms with E-state index in [-0.39, 0.29) is 36.4 Å². The third-order valence-electron chi connectivity index (χ3n) is 3.80. The minimum atomic E-state index is 0. The van der Waals surface area contributed by atoms with Crippen molar-refractivity contribution in [3.05, 3.63) is 48.0 Å². The Hall–Kier alpha value is -2.17. The molecule has 0 radical (unpaired) electrons. The van der Waals surface area contributed by atoms with Gasteiger partial charge in [-0.05, 0) is 12.5 Å². The maximum absolute atomic E-state index is 12.4. The number of nitrogens with zero attached hydrogens (tertiary/aromatic N) is 5. The van der Waals surface area contributed by atoms with Crippen LogP contribution in [0.5, 0.6) is 0 Å². The first kappa shape index (κ1) is 21.9. The van der Waals surface area contributed by atoms with Gasteiger partial charge in [-0.2, -0.15) is 5.10 Å². The first-order chi connectivity index (χ1) is 12.1. The van der Waals surface area contributed by atoms with Crippen molar-refractivity contribution in [3.8, 4) is 0 Å². The Morgan fingerprint density at radius 1 is 1.27 bits per heavy atom. The van der Waals surface area contributed by atoms with Gasteiger partial charge in [0.2, 0.25) is 5.91 Å². The molecule has 1 aromatic carbocycles. The van der Waals surface area contributed by atoms with Crippen LogP contribution in [0.25, 0.3) is 0 Å². The van der Waals surface area contributed by atoms with E-state index in [4.69, 9.17) is 0 Å². The zero-order valence-electron chi connectivity index (χ0n) is 15.3. The third kappa shape index (κ3) is 6.62. The standard InChI is InChI=1S/C17H25N7O.HI/c1-4-24(12-14-8-6-5-7-9-14)16(25)11-20-17(18-2)19-10-15-21-13-22-23(15)3;/h5-9,13H,4,10-12H2,1-3H3,(H2,18,19,20);1H. The molecule has 0 bridgehead atoms. The van der Waals surface area contributed by atoms with Crippen LogP contribution in [0.4, 0.5) is 0 Å². The van der Waals surface area contributed by atoms with Crippen LogP contribution in [0.15, 0.2) is 41.7 Å². The summed E-state index contributed by atoms with van der Waals surface area (Å²) >= 11 is 0. The topological polar surface area (TPSA) is 87.4 Å². The van der Waals surface area contributed by atoms with Gasteiger partial charge in [0.1, 0.15) is 12.2 Å². The minimum Gasteiger partial charge on any atom is -0.349 e. The summed E-state index contributed by atoms with van der Waals surface area (Å²) < 4.78 is 1.68. The summed E-state index contributed by atoms with van der Waals surface area (Å²) in [4.78, 5) is 22.5.